The summed E-state index contributed by atoms with van der Waals surface area (Å²) < 4.78 is 22.5. The molecule has 2 aromatic carbocycles. The second-order valence-corrected chi connectivity index (χ2v) is 10.2. The predicted molar refractivity (Wildman–Crippen MR) is 142 cm³/mol. The Morgan fingerprint density at radius 2 is 1.89 bits per heavy atom. The molecule has 2 aliphatic rings. The number of nitrogens with zero attached hydrogens (tertiary/aromatic N) is 5. The first-order valence-corrected chi connectivity index (χ1v) is 12.7. The molecule has 196 valence electrons. The Morgan fingerprint density at radius 1 is 1.11 bits per heavy atom. The van der Waals surface area contributed by atoms with Gasteiger partial charge in [-0.15, -0.1) is 0 Å². The first kappa shape index (κ1) is 24.1. The molecular formula is C28H29FN6O3. The van der Waals surface area contributed by atoms with Crippen LogP contribution in [0.2, 0.25) is 0 Å². The monoisotopic (exact) mass is 516 g/mol. The summed E-state index contributed by atoms with van der Waals surface area (Å²) in [6.07, 6.45) is 2.10. The van der Waals surface area contributed by atoms with E-state index >= 15 is 0 Å². The first-order valence-electron chi connectivity index (χ1n) is 12.7. The third kappa shape index (κ3) is 4.19. The third-order valence-corrected chi connectivity index (χ3v) is 7.56. The van der Waals surface area contributed by atoms with Gasteiger partial charge in [-0.2, -0.15) is 0 Å². The zero-order valence-corrected chi connectivity index (χ0v) is 21.5. The number of hydrogen-bond donors (Lipinski definition) is 1. The molecule has 0 bridgehead atoms. The number of halogens is 1. The Kier molecular flexibility index (Phi) is 5.89. The molecule has 2 aromatic heterocycles. The van der Waals surface area contributed by atoms with E-state index in [1.165, 1.54) is 6.92 Å². The van der Waals surface area contributed by atoms with Crippen molar-refractivity contribution in [2.24, 2.45) is 18.9 Å². The van der Waals surface area contributed by atoms with Crippen LogP contribution in [-0.4, -0.2) is 51.2 Å². The van der Waals surface area contributed by atoms with Crippen LogP contribution in [0.15, 0.2) is 53.6 Å². The quantitative estimate of drug-likeness (QED) is 0.424. The van der Waals surface area contributed by atoms with E-state index in [0.29, 0.717) is 42.6 Å². The molecule has 0 spiro atoms. The molecule has 38 heavy (non-hydrogen) atoms. The van der Waals surface area contributed by atoms with Crippen molar-refractivity contribution >= 4 is 22.8 Å². The Labute approximate surface area is 218 Å². The van der Waals surface area contributed by atoms with E-state index in [1.807, 2.05) is 41.9 Å². The molecule has 2 aliphatic heterocycles. The lowest BCUT2D eigenvalue weighted by atomic mass is 10.0. The van der Waals surface area contributed by atoms with Crippen molar-refractivity contribution in [1.29, 1.82) is 0 Å². The summed E-state index contributed by atoms with van der Waals surface area (Å²) in [4.78, 5) is 36.2. The number of nitrogens with one attached hydrogen (secondary N) is 1. The number of aryl methyl sites for hydroxylation is 1. The number of amides is 1. The molecule has 0 saturated carbocycles. The second-order valence-electron chi connectivity index (χ2n) is 10.2. The smallest absolute Gasteiger partial charge is 0.274 e. The number of carbonyl (C=O) groups excluding carboxylic acids is 1. The molecule has 9 nitrogen and oxygen atoms in total. The van der Waals surface area contributed by atoms with Crippen LogP contribution in [-0.2, 0) is 18.4 Å². The largest absolute Gasteiger partial charge is 0.460 e. The maximum Gasteiger partial charge on any atom is 0.274 e. The molecule has 2 saturated heterocycles. The average molecular weight is 517 g/mol. The lowest BCUT2D eigenvalue weighted by Crippen LogP contribution is -2.29. The number of aromatic nitrogens is 4. The third-order valence-electron chi connectivity index (χ3n) is 7.56. The SMILES string of the molecule is Cc1ccc(OC(C)F)c(Cn2c3cc(-c4cnc(N5C[C@@H]6CNC(=O)[C@@H]6C5)nc4)ccc3c(=O)n2C)c1. The number of hydrogen-bond acceptors (Lipinski definition) is 6. The van der Waals surface area contributed by atoms with Crippen LogP contribution in [0.3, 0.4) is 0 Å². The average Bonchev–Trinajstić information content (AvgIpc) is 3.55. The van der Waals surface area contributed by atoms with Crippen LogP contribution >= 0.6 is 0 Å². The van der Waals surface area contributed by atoms with Crippen molar-refractivity contribution in [3.8, 4) is 16.9 Å². The van der Waals surface area contributed by atoms with Gasteiger partial charge in [0, 0.05) is 63.0 Å². The zero-order valence-electron chi connectivity index (χ0n) is 21.5. The summed E-state index contributed by atoms with van der Waals surface area (Å²) in [5.41, 5.74) is 4.12. The maximum absolute atomic E-state index is 13.7. The highest BCUT2D eigenvalue weighted by Gasteiger charge is 2.42. The number of ether oxygens (including phenoxy) is 1. The Bertz CT molecular complexity index is 1590. The van der Waals surface area contributed by atoms with E-state index in [-0.39, 0.29) is 17.4 Å². The minimum Gasteiger partial charge on any atom is -0.460 e. The van der Waals surface area contributed by atoms with Gasteiger partial charge in [-0.05, 0) is 30.7 Å². The summed E-state index contributed by atoms with van der Waals surface area (Å²) in [5.74, 6) is 1.48. The van der Waals surface area contributed by atoms with Gasteiger partial charge in [0.1, 0.15) is 5.75 Å². The van der Waals surface area contributed by atoms with Gasteiger partial charge < -0.3 is 15.0 Å². The fraction of sp³-hybridized carbons (Fsp3) is 0.357. The van der Waals surface area contributed by atoms with Gasteiger partial charge in [0.2, 0.25) is 18.2 Å². The molecular weight excluding hydrogens is 487 g/mol. The summed E-state index contributed by atoms with van der Waals surface area (Å²) in [7, 11) is 1.72. The highest BCUT2D eigenvalue weighted by molar-refractivity contribution is 5.84. The summed E-state index contributed by atoms with van der Waals surface area (Å²) in [6.45, 7) is 5.74. The number of anilines is 1. The fourth-order valence-electron chi connectivity index (χ4n) is 5.56. The molecule has 3 atom stereocenters. The summed E-state index contributed by atoms with van der Waals surface area (Å²) in [5, 5.41) is 3.51. The van der Waals surface area contributed by atoms with Crippen molar-refractivity contribution in [2.45, 2.75) is 26.7 Å². The van der Waals surface area contributed by atoms with Crippen molar-refractivity contribution in [3.05, 3.63) is 70.3 Å². The van der Waals surface area contributed by atoms with Gasteiger partial charge in [-0.3, -0.25) is 19.0 Å². The molecule has 4 aromatic rings. The Hall–Kier alpha value is -4.21. The zero-order chi connectivity index (χ0) is 26.6. The van der Waals surface area contributed by atoms with Gasteiger partial charge in [0.15, 0.2) is 0 Å². The Balaban J connectivity index is 1.32. The van der Waals surface area contributed by atoms with Crippen LogP contribution in [0.1, 0.15) is 18.1 Å². The van der Waals surface area contributed by atoms with Gasteiger partial charge in [-0.1, -0.05) is 23.8 Å². The van der Waals surface area contributed by atoms with E-state index in [1.54, 1.807) is 30.2 Å². The van der Waals surface area contributed by atoms with Crippen LogP contribution < -0.4 is 20.5 Å². The summed E-state index contributed by atoms with van der Waals surface area (Å²) >= 11 is 0. The normalized spacial score (nSPS) is 19.6. The van der Waals surface area contributed by atoms with Crippen LogP contribution in [0.25, 0.3) is 22.0 Å². The van der Waals surface area contributed by atoms with Crippen molar-refractivity contribution < 1.29 is 13.9 Å². The van der Waals surface area contributed by atoms with E-state index in [9.17, 15) is 14.0 Å². The van der Waals surface area contributed by atoms with Gasteiger partial charge in [-0.25, -0.2) is 14.4 Å². The number of alkyl halides is 1. The first-order chi connectivity index (χ1) is 18.3. The molecule has 10 heteroatoms. The van der Waals surface area contributed by atoms with E-state index in [4.69, 9.17) is 4.74 Å². The highest BCUT2D eigenvalue weighted by atomic mass is 19.1. The number of carbonyl (C=O) groups is 1. The minimum atomic E-state index is -1.45. The van der Waals surface area contributed by atoms with E-state index in [0.717, 1.165) is 34.3 Å². The number of rotatable bonds is 6. The molecule has 0 radical (unpaired) electrons. The number of benzene rings is 2. The van der Waals surface area contributed by atoms with E-state index in [2.05, 4.69) is 20.2 Å². The predicted octanol–water partition coefficient (Wildman–Crippen LogP) is 3.03. The summed E-state index contributed by atoms with van der Waals surface area (Å²) in [6, 6.07) is 11.2. The lowest BCUT2D eigenvalue weighted by molar-refractivity contribution is -0.122. The van der Waals surface area contributed by atoms with Crippen LogP contribution in [0, 0.1) is 18.8 Å². The highest BCUT2D eigenvalue weighted by Crippen LogP contribution is 2.31. The standard InChI is InChI=1S/C28H29FN6O3/c1-16-4-7-25(38-17(2)29)19(8-16)14-35-24-9-18(5-6-22(24)27(37)33(35)3)20-10-31-28(32-11-20)34-13-21-12-30-26(36)23(21)15-34/h4-11,17,21,23H,12-15H2,1-3H3,(H,30,36)/t17?,21-,23+/m0/s1. The van der Waals surface area contributed by atoms with Crippen molar-refractivity contribution in [2.75, 3.05) is 24.5 Å². The fourth-order valence-corrected chi connectivity index (χ4v) is 5.56. The van der Waals surface area contributed by atoms with Crippen LogP contribution in [0.4, 0.5) is 10.3 Å². The molecule has 0 aliphatic carbocycles. The number of fused-ring (bicyclic) bond motifs is 2. The lowest BCUT2D eigenvalue weighted by Gasteiger charge is -2.17. The minimum absolute atomic E-state index is 0.00271. The second kappa shape index (κ2) is 9.27. The maximum atomic E-state index is 13.7. The topological polar surface area (TPSA) is 94.3 Å². The van der Waals surface area contributed by atoms with E-state index < -0.39 is 6.36 Å². The molecule has 6 rings (SSSR count). The van der Waals surface area contributed by atoms with Gasteiger partial charge >= 0.3 is 0 Å². The molecule has 1 N–H and O–H groups in total. The van der Waals surface area contributed by atoms with Gasteiger partial charge in [0.05, 0.1) is 23.4 Å². The van der Waals surface area contributed by atoms with Crippen molar-refractivity contribution in [3.63, 3.8) is 0 Å². The van der Waals surface area contributed by atoms with Crippen molar-refractivity contribution in [1.82, 2.24) is 24.6 Å². The molecule has 4 heterocycles. The Morgan fingerprint density at radius 3 is 2.63 bits per heavy atom. The van der Waals surface area contributed by atoms with Crippen LogP contribution in [0.5, 0.6) is 5.75 Å². The molecule has 1 amide bonds. The van der Waals surface area contributed by atoms with Gasteiger partial charge in [0.25, 0.3) is 5.56 Å². The molecule has 1 unspecified atom stereocenters. The molecule has 2 fully saturated rings.